The molecule has 2 N–H and O–H groups in total. The minimum absolute atomic E-state index is 0.144. The molecule has 0 saturated carbocycles. The molecule has 1 aromatic heterocycles. The van der Waals surface area contributed by atoms with Gasteiger partial charge in [-0.15, -0.1) is 0 Å². The number of benzene rings is 1. The predicted molar refractivity (Wildman–Crippen MR) is 98.3 cm³/mol. The smallest absolute Gasteiger partial charge is 0.352 e. The van der Waals surface area contributed by atoms with E-state index in [0.29, 0.717) is 28.4 Å². The molecule has 0 aliphatic heterocycles. The van der Waals surface area contributed by atoms with E-state index in [-0.39, 0.29) is 12.1 Å². The number of nitrogens with one attached hydrogen (secondary N) is 2. The highest BCUT2D eigenvalue weighted by atomic mass is 32.2. The topological polar surface area (TPSA) is 62.7 Å². The van der Waals surface area contributed by atoms with Crippen LogP contribution in [0, 0.1) is 0 Å². The summed E-state index contributed by atoms with van der Waals surface area (Å²) >= 11 is 1.27. The summed E-state index contributed by atoms with van der Waals surface area (Å²) in [5.41, 5.74) is -0.0995. The summed E-state index contributed by atoms with van der Waals surface area (Å²) in [5.74, 6) is 1.20. The van der Waals surface area contributed by atoms with Crippen LogP contribution in [0.4, 0.5) is 25.1 Å². The normalized spacial score (nSPS) is 11.9. The van der Waals surface area contributed by atoms with Crippen LogP contribution in [-0.2, 0) is 11.9 Å². The summed E-state index contributed by atoms with van der Waals surface area (Å²) in [6.07, 6.45) is -4.35. The number of aromatic nitrogens is 3. The number of anilines is 2. The van der Waals surface area contributed by atoms with Crippen molar-refractivity contribution in [3.05, 3.63) is 35.4 Å². The molecule has 1 heterocycles. The second kappa shape index (κ2) is 8.57. The van der Waals surface area contributed by atoms with E-state index in [4.69, 9.17) is 0 Å². The first-order valence-electron chi connectivity index (χ1n) is 8.21. The minimum atomic E-state index is -4.35. The standard InChI is InChI=1S/C17H22F3N5S/c1-10(2)21-14-23-15(22-11(3)4)25-16(24-14)26-9-12-6-5-7-13(8-12)17(18,19)20/h5-8,10-11H,9H2,1-4H3,(H2,21,22,23,24,25). The first-order valence-corrected chi connectivity index (χ1v) is 9.20. The molecule has 0 fully saturated rings. The first kappa shape index (κ1) is 20.3. The minimum Gasteiger partial charge on any atom is -0.352 e. The lowest BCUT2D eigenvalue weighted by molar-refractivity contribution is -0.137. The summed E-state index contributed by atoms with van der Waals surface area (Å²) < 4.78 is 38.5. The van der Waals surface area contributed by atoms with Gasteiger partial charge >= 0.3 is 6.18 Å². The van der Waals surface area contributed by atoms with Gasteiger partial charge in [-0.1, -0.05) is 30.0 Å². The number of halogens is 3. The van der Waals surface area contributed by atoms with Gasteiger partial charge in [-0.2, -0.15) is 28.1 Å². The van der Waals surface area contributed by atoms with Crippen molar-refractivity contribution < 1.29 is 13.2 Å². The van der Waals surface area contributed by atoms with Crippen LogP contribution in [-0.4, -0.2) is 27.0 Å². The predicted octanol–water partition coefficient (Wildman–Crippen LogP) is 4.82. The Labute approximate surface area is 155 Å². The van der Waals surface area contributed by atoms with Crippen LogP contribution in [0.15, 0.2) is 29.4 Å². The van der Waals surface area contributed by atoms with Crippen LogP contribution in [0.5, 0.6) is 0 Å². The van der Waals surface area contributed by atoms with Crippen molar-refractivity contribution in [1.82, 2.24) is 15.0 Å². The molecule has 26 heavy (non-hydrogen) atoms. The summed E-state index contributed by atoms with van der Waals surface area (Å²) in [5, 5.41) is 6.69. The van der Waals surface area contributed by atoms with E-state index in [0.717, 1.165) is 12.1 Å². The Kier molecular flexibility index (Phi) is 6.69. The molecule has 0 radical (unpaired) electrons. The molecule has 0 unspecified atom stereocenters. The average Bonchev–Trinajstić information content (AvgIpc) is 2.51. The zero-order valence-electron chi connectivity index (χ0n) is 15.1. The second-order valence-corrected chi connectivity index (χ2v) is 7.29. The van der Waals surface area contributed by atoms with Gasteiger partial charge in [0, 0.05) is 17.8 Å². The Hall–Kier alpha value is -2.03. The molecule has 142 valence electrons. The van der Waals surface area contributed by atoms with E-state index < -0.39 is 11.7 Å². The van der Waals surface area contributed by atoms with Crippen LogP contribution in [0.1, 0.15) is 38.8 Å². The molecule has 0 aliphatic rings. The summed E-state index contributed by atoms with van der Waals surface area (Å²) in [6.45, 7) is 7.87. The van der Waals surface area contributed by atoms with Gasteiger partial charge in [0.25, 0.3) is 0 Å². The molecule has 5 nitrogen and oxygen atoms in total. The highest BCUT2D eigenvalue weighted by Crippen LogP contribution is 2.31. The van der Waals surface area contributed by atoms with Crippen molar-refractivity contribution in [1.29, 1.82) is 0 Å². The van der Waals surface area contributed by atoms with Gasteiger partial charge in [-0.05, 0) is 39.3 Å². The first-order chi connectivity index (χ1) is 12.1. The number of thioether (sulfide) groups is 1. The third kappa shape index (κ3) is 6.36. The molecule has 2 aromatic rings. The SMILES string of the molecule is CC(C)Nc1nc(NC(C)C)nc(SCc2cccc(C(F)(F)F)c2)n1. The van der Waals surface area contributed by atoms with Crippen LogP contribution >= 0.6 is 11.8 Å². The van der Waals surface area contributed by atoms with Crippen LogP contribution in [0.2, 0.25) is 0 Å². The van der Waals surface area contributed by atoms with Gasteiger partial charge in [0.05, 0.1) is 5.56 Å². The fourth-order valence-electron chi connectivity index (χ4n) is 2.05. The number of hydrogen-bond donors (Lipinski definition) is 2. The third-order valence-electron chi connectivity index (χ3n) is 3.07. The maximum atomic E-state index is 12.8. The molecule has 9 heteroatoms. The van der Waals surface area contributed by atoms with Crippen molar-refractivity contribution in [2.45, 2.75) is 56.9 Å². The van der Waals surface area contributed by atoms with Gasteiger partial charge in [-0.3, -0.25) is 0 Å². The third-order valence-corrected chi connectivity index (χ3v) is 3.99. The largest absolute Gasteiger partial charge is 0.416 e. The van der Waals surface area contributed by atoms with Crippen molar-refractivity contribution >= 4 is 23.7 Å². The van der Waals surface area contributed by atoms with Crippen molar-refractivity contribution in [3.63, 3.8) is 0 Å². The quantitative estimate of drug-likeness (QED) is 0.666. The van der Waals surface area contributed by atoms with Gasteiger partial charge in [-0.25, -0.2) is 0 Å². The molecule has 0 amide bonds. The van der Waals surface area contributed by atoms with Crippen molar-refractivity contribution in [3.8, 4) is 0 Å². The van der Waals surface area contributed by atoms with E-state index in [2.05, 4.69) is 25.6 Å². The summed E-state index contributed by atoms with van der Waals surface area (Å²) in [7, 11) is 0. The lowest BCUT2D eigenvalue weighted by Gasteiger charge is -2.13. The van der Waals surface area contributed by atoms with Crippen LogP contribution in [0.3, 0.4) is 0 Å². The zero-order valence-corrected chi connectivity index (χ0v) is 15.9. The molecule has 0 spiro atoms. The maximum Gasteiger partial charge on any atom is 0.416 e. The Morgan fingerprint density at radius 2 is 1.54 bits per heavy atom. The van der Waals surface area contributed by atoms with Crippen LogP contribution in [0.25, 0.3) is 0 Å². The highest BCUT2D eigenvalue weighted by Gasteiger charge is 2.30. The molecule has 0 saturated heterocycles. The fraction of sp³-hybridized carbons (Fsp3) is 0.471. The number of alkyl halides is 3. The molecule has 0 atom stereocenters. The fourth-order valence-corrected chi connectivity index (χ4v) is 2.83. The molecule has 0 bridgehead atoms. The zero-order chi connectivity index (χ0) is 19.3. The van der Waals surface area contributed by atoms with Crippen molar-refractivity contribution in [2.24, 2.45) is 0 Å². The number of rotatable bonds is 7. The van der Waals surface area contributed by atoms with E-state index >= 15 is 0 Å². The Bertz CT molecular complexity index is 706. The highest BCUT2D eigenvalue weighted by molar-refractivity contribution is 7.98. The van der Waals surface area contributed by atoms with Crippen LogP contribution < -0.4 is 10.6 Å². The summed E-state index contributed by atoms with van der Waals surface area (Å²) in [4.78, 5) is 13.0. The molecule has 2 rings (SSSR count). The molecular formula is C17H22F3N5S. The van der Waals surface area contributed by atoms with Gasteiger partial charge in [0.2, 0.25) is 11.9 Å². The van der Waals surface area contributed by atoms with Gasteiger partial charge in [0.1, 0.15) is 0 Å². The van der Waals surface area contributed by atoms with E-state index in [9.17, 15) is 13.2 Å². The molecule has 1 aromatic carbocycles. The molecule has 0 aliphatic carbocycles. The summed E-state index contributed by atoms with van der Waals surface area (Å²) in [6, 6.07) is 5.56. The number of hydrogen-bond acceptors (Lipinski definition) is 6. The van der Waals surface area contributed by atoms with Crippen molar-refractivity contribution in [2.75, 3.05) is 10.6 Å². The van der Waals surface area contributed by atoms with E-state index in [1.165, 1.54) is 17.8 Å². The second-order valence-electron chi connectivity index (χ2n) is 6.35. The Morgan fingerprint density at radius 3 is 2.04 bits per heavy atom. The van der Waals surface area contributed by atoms with Gasteiger partial charge in [0.15, 0.2) is 5.16 Å². The Morgan fingerprint density at radius 1 is 0.962 bits per heavy atom. The lowest BCUT2D eigenvalue weighted by atomic mass is 10.1. The average molecular weight is 385 g/mol. The van der Waals surface area contributed by atoms with E-state index in [1.807, 2.05) is 27.7 Å². The van der Waals surface area contributed by atoms with E-state index in [1.54, 1.807) is 6.07 Å². The maximum absolute atomic E-state index is 12.8. The number of nitrogens with zero attached hydrogens (tertiary/aromatic N) is 3. The monoisotopic (exact) mass is 385 g/mol. The molecular weight excluding hydrogens is 363 g/mol. The van der Waals surface area contributed by atoms with Gasteiger partial charge < -0.3 is 10.6 Å². The lowest BCUT2D eigenvalue weighted by Crippen LogP contribution is -2.17. The Balaban J connectivity index is 2.17.